The maximum absolute atomic E-state index is 12.3. The van der Waals surface area contributed by atoms with Crippen LogP contribution in [-0.4, -0.2) is 10.9 Å². The van der Waals surface area contributed by atoms with Crippen LogP contribution in [0.15, 0.2) is 41.8 Å². The summed E-state index contributed by atoms with van der Waals surface area (Å²) < 4.78 is 1.24. The van der Waals surface area contributed by atoms with E-state index in [1.54, 1.807) is 22.7 Å². The molecule has 1 unspecified atom stereocenters. The quantitative estimate of drug-likeness (QED) is 0.524. The van der Waals surface area contributed by atoms with Crippen LogP contribution in [0, 0.1) is 5.92 Å². The van der Waals surface area contributed by atoms with Crippen molar-refractivity contribution in [2.24, 2.45) is 5.92 Å². The second-order valence-corrected chi connectivity index (χ2v) is 8.68. The Balaban J connectivity index is 1.44. The molecule has 0 aliphatic heterocycles. The van der Waals surface area contributed by atoms with Gasteiger partial charge in [0.25, 0.3) is 0 Å². The van der Waals surface area contributed by atoms with Crippen molar-refractivity contribution in [1.82, 2.24) is 10.3 Å². The molecule has 0 aliphatic rings. The standard InChI is InChI=1S/C20H24N2OS2/c1-14(2)20(17-10-7-13-24-17)22-18(23)11-5-6-12-19-21-15-8-3-4-9-16(15)25-19/h3-4,7-10,13-14,20H,5-6,11-12H2,1-2H3,(H,22,23). The van der Waals surface area contributed by atoms with Crippen molar-refractivity contribution >= 4 is 38.8 Å². The molecule has 0 saturated heterocycles. The van der Waals surface area contributed by atoms with Crippen molar-refractivity contribution < 1.29 is 4.79 Å². The number of hydrogen-bond acceptors (Lipinski definition) is 4. The first-order valence-corrected chi connectivity index (χ1v) is 10.5. The number of benzene rings is 1. The van der Waals surface area contributed by atoms with Gasteiger partial charge in [0.1, 0.15) is 0 Å². The monoisotopic (exact) mass is 372 g/mol. The number of thiophene rings is 1. The van der Waals surface area contributed by atoms with Crippen molar-refractivity contribution in [2.75, 3.05) is 0 Å². The molecular weight excluding hydrogens is 348 g/mol. The van der Waals surface area contributed by atoms with Crippen LogP contribution >= 0.6 is 22.7 Å². The van der Waals surface area contributed by atoms with Gasteiger partial charge < -0.3 is 5.32 Å². The van der Waals surface area contributed by atoms with Crippen LogP contribution in [0.4, 0.5) is 0 Å². The number of unbranched alkanes of at least 4 members (excludes halogenated alkanes) is 1. The molecule has 1 N–H and O–H groups in total. The Labute approximate surface area is 157 Å². The molecule has 2 aromatic heterocycles. The van der Waals surface area contributed by atoms with Gasteiger partial charge in [-0.15, -0.1) is 22.7 Å². The molecular formula is C20H24N2OS2. The van der Waals surface area contributed by atoms with Crippen molar-refractivity contribution in [2.45, 2.75) is 45.6 Å². The second-order valence-electron chi connectivity index (χ2n) is 6.59. The van der Waals surface area contributed by atoms with Crippen LogP contribution in [0.1, 0.15) is 49.0 Å². The summed E-state index contributed by atoms with van der Waals surface area (Å²) in [6.45, 7) is 4.30. The summed E-state index contributed by atoms with van der Waals surface area (Å²) in [6, 6.07) is 12.5. The van der Waals surface area contributed by atoms with Gasteiger partial charge in [-0.25, -0.2) is 4.98 Å². The maximum Gasteiger partial charge on any atom is 0.220 e. The minimum Gasteiger partial charge on any atom is -0.348 e. The summed E-state index contributed by atoms with van der Waals surface area (Å²) >= 11 is 3.47. The lowest BCUT2D eigenvalue weighted by atomic mass is 10.0. The highest BCUT2D eigenvalue weighted by Gasteiger charge is 2.18. The van der Waals surface area contributed by atoms with Crippen LogP contribution in [-0.2, 0) is 11.2 Å². The molecule has 0 bridgehead atoms. The molecule has 25 heavy (non-hydrogen) atoms. The predicted molar refractivity (Wildman–Crippen MR) is 107 cm³/mol. The first-order valence-electron chi connectivity index (χ1n) is 8.80. The van der Waals surface area contributed by atoms with Crippen LogP contribution < -0.4 is 5.32 Å². The first-order chi connectivity index (χ1) is 12.1. The number of fused-ring (bicyclic) bond motifs is 1. The van der Waals surface area contributed by atoms with Crippen LogP contribution in [0.3, 0.4) is 0 Å². The van der Waals surface area contributed by atoms with Gasteiger partial charge in [0.15, 0.2) is 0 Å². The highest BCUT2D eigenvalue weighted by atomic mass is 32.1. The third kappa shape index (κ3) is 4.89. The average Bonchev–Trinajstić information content (AvgIpc) is 3.25. The molecule has 1 atom stereocenters. The number of carbonyl (C=O) groups excluding carboxylic acids is 1. The molecule has 2 heterocycles. The predicted octanol–water partition coefficient (Wildman–Crippen LogP) is 5.58. The molecule has 1 aromatic carbocycles. The van der Waals surface area contributed by atoms with Crippen LogP contribution in [0.25, 0.3) is 10.2 Å². The molecule has 0 saturated carbocycles. The van der Waals surface area contributed by atoms with E-state index in [-0.39, 0.29) is 11.9 Å². The Hall–Kier alpha value is -1.72. The molecule has 5 heteroatoms. The van der Waals surface area contributed by atoms with E-state index in [9.17, 15) is 4.79 Å². The lowest BCUT2D eigenvalue weighted by molar-refractivity contribution is -0.122. The number of aromatic nitrogens is 1. The number of amides is 1. The topological polar surface area (TPSA) is 42.0 Å². The average molecular weight is 373 g/mol. The van der Waals surface area contributed by atoms with E-state index in [1.165, 1.54) is 14.6 Å². The van der Waals surface area contributed by atoms with E-state index >= 15 is 0 Å². The van der Waals surface area contributed by atoms with E-state index < -0.39 is 0 Å². The molecule has 132 valence electrons. The van der Waals surface area contributed by atoms with Crippen molar-refractivity contribution in [3.63, 3.8) is 0 Å². The Morgan fingerprint density at radius 1 is 1.16 bits per heavy atom. The van der Waals surface area contributed by atoms with Crippen molar-refractivity contribution in [3.05, 3.63) is 51.7 Å². The van der Waals surface area contributed by atoms with E-state index in [1.807, 2.05) is 18.2 Å². The lowest BCUT2D eigenvalue weighted by Gasteiger charge is -2.21. The fourth-order valence-electron chi connectivity index (χ4n) is 2.87. The number of thiazole rings is 1. The number of aryl methyl sites for hydroxylation is 1. The highest BCUT2D eigenvalue weighted by Crippen LogP contribution is 2.26. The third-order valence-corrected chi connectivity index (χ3v) is 6.27. The number of nitrogens with zero attached hydrogens (tertiary/aromatic N) is 1. The Kier molecular flexibility index (Phi) is 6.21. The van der Waals surface area contributed by atoms with Gasteiger partial charge in [-0.3, -0.25) is 4.79 Å². The smallest absolute Gasteiger partial charge is 0.220 e. The first kappa shape index (κ1) is 18.1. The van der Waals surface area contributed by atoms with Crippen LogP contribution in [0.2, 0.25) is 0 Å². The minimum absolute atomic E-state index is 0.122. The molecule has 0 fully saturated rings. The van der Waals surface area contributed by atoms with E-state index in [4.69, 9.17) is 0 Å². The molecule has 3 aromatic rings. The highest BCUT2D eigenvalue weighted by molar-refractivity contribution is 7.18. The molecule has 0 radical (unpaired) electrons. The van der Waals surface area contributed by atoms with Gasteiger partial charge in [0, 0.05) is 11.3 Å². The minimum atomic E-state index is 0.122. The molecule has 1 amide bonds. The summed E-state index contributed by atoms with van der Waals surface area (Å²) in [4.78, 5) is 18.2. The summed E-state index contributed by atoms with van der Waals surface area (Å²) in [5.41, 5.74) is 1.08. The fraction of sp³-hybridized carbons (Fsp3) is 0.400. The van der Waals surface area contributed by atoms with Crippen molar-refractivity contribution in [3.8, 4) is 0 Å². The fourth-order valence-corrected chi connectivity index (χ4v) is 4.83. The van der Waals surface area contributed by atoms with E-state index in [0.29, 0.717) is 12.3 Å². The zero-order valence-electron chi connectivity index (χ0n) is 14.7. The van der Waals surface area contributed by atoms with Gasteiger partial charge in [0.05, 0.1) is 21.3 Å². The molecule has 0 aliphatic carbocycles. The normalized spacial score (nSPS) is 12.6. The van der Waals surface area contributed by atoms with Gasteiger partial charge >= 0.3 is 0 Å². The van der Waals surface area contributed by atoms with Gasteiger partial charge in [-0.05, 0) is 48.8 Å². The van der Waals surface area contributed by atoms with Crippen LogP contribution in [0.5, 0.6) is 0 Å². The largest absolute Gasteiger partial charge is 0.348 e. The number of para-hydroxylation sites is 1. The maximum atomic E-state index is 12.3. The Morgan fingerprint density at radius 3 is 2.72 bits per heavy atom. The van der Waals surface area contributed by atoms with Gasteiger partial charge in [-0.1, -0.05) is 32.0 Å². The number of rotatable bonds is 8. The van der Waals surface area contributed by atoms with E-state index in [0.717, 1.165) is 24.8 Å². The third-order valence-electron chi connectivity index (χ3n) is 4.22. The zero-order valence-corrected chi connectivity index (χ0v) is 16.3. The van der Waals surface area contributed by atoms with E-state index in [2.05, 4.69) is 47.7 Å². The summed E-state index contributed by atoms with van der Waals surface area (Å²) in [5, 5.41) is 6.43. The summed E-state index contributed by atoms with van der Waals surface area (Å²) in [5.74, 6) is 0.543. The summed E-state index contributed by atoms with van der Waals surface area (Å²) in [6.07, 6.45) is 3.43. The second kappa shape index (κ2) is 8.59. The zero-order chi connectivity index (χ0) is 17.6. The Morgan fingerprint density at radius 2 is 2.00 bits per heavy atom. The lowest BCUT2D eigenvalue weighted by Crippen LogP contribution is -2.31. The molecule has 0 spiro atoms. The number of nitrogens with one attached hydrogen (secondary N) is 1. The van der Waals surface area contributed by atoms with Gasteiger partial charge in [-0.2, -0.15) is 0 Å². The number of hydrogen-bond donors (Lipinski definition) is 1. The summed E-state index contributed by atoms with van der Waals surface area (Å²) in [7, 11) is 0. The SMILES string of the molecule is CC(C)C(NC(=O)CCCCc1nc2ccccc2s1)c1cccs1. The van der Waals surface area contributed by atoms with Crippen molar-refractivity contribution in [1.29, 1.82) is 0 Å². The van der Waals surface area contributed by atoms with Gasteiger partial charge in [0.2, 0.25) is 5.91 Å². The number of carbonyl (C=O) groups is 1. The Bertz CT molecular complexity index is 775. The molecule has 3 nitrogen and oxygen atoms in total. The molecule has 3 rings (SSSR count).